The average Bonchev–Trinajstić information content (AvgIpc) is 2.35. The number of hydrogen-bond donors (Lipinski definition) is 2. The molecule has 0 fully saturated rings. The Hall–Kier alpha value is -2.13. The molecule has 1 aromatic carbocycles. The van der Waals surface area contributed by atoms with Crippen LogP contribution in [0.5, 0.6) is 0 Å². The van der Waals surface area contributed by atoms with Gasteiger partial charge in [0.05, 0.1) is 10.5 Å². The Bertz CT molecular complexity index is 492. The summed E-state index contributed by atoms with van der Waals surface area (Å²) in [5.41, 5.74) is -0.961. The normalized spacial score (nSPS) is 13.4. The van der Waals surface area contributed by atoms with Crippen molar-refractivity contribution < 1.29 is 10.0 Å². The summed E-state index contributed by atoms with van der Waals surface area (Å²) in [5.74, 6) is 0. The summed E-state index contributed by atoms with van der Waals surface area (Å²) in [5, 5.41) is 32.4. The molecule has 6 heteroatoms. The van der Waals surface area contributed by atoms with Crippen molar-refractivity contribution >= 4 is 11.4 Å². The van der Waals surface area contributed by atoms with Crippen LogP contribution < -0.4 is 5.32 Å². The Morgan fingerprint density at radius 1 is 1.61 bits per heavy atom. The van der Waals surface area contributed by atoms with Gasteiger partial charge in [0, 0.05) is 6.54 Å². The smallest absolute Gasteiger partial charge is 0.309 e. The molecular formula is C12H15N3O3. The van der Waals surface area contributed by atoms with Crippen molar-refractivity contribution in [1.29, 1.82) is 5.26 Å². The number of nitro benzene ring substituents is 1. The van der Waals surface area contributed by atoms with Gasteiger partial charge >= 0.3 is 5.69 Å². The first kappa shape index (κ1) is 13.9. The zero-order valence-corrected chi connectivity index (χ0v) is 10.3. The van der Waals surface area contributed by atoms with Crippen LogP contribution in [-0.2, 0) is 0 Å². The molecular weight excluding hydrogens is 234 g/mol. The van der Waals surface area contributed by atoms with E-state index in [2.05, 4.69) is 5.32 Å². The van der Waals surface area contributed by atoms with Crippen LogP contribution in [0.1, 0.15) is 25.8 Å². The van der Waals surface area contributed by atoms with Crippen LogP contribution in [0.2, 0.25) is 0 Å². The van der Waals surface area contributed by atoms with Crippen molar-refractivity contribution in [1.82, 2.24) is 0 Å². The van der Waals surface area contributed by atoms with Crippen LogP contribution in [0.4, 0.5) is 11.4 Å². The second kappa shape index (κ2) is 5.47. The van der Waals surface area contributed by atoms with E-state index in [1.807, 2.05) is 6.92 Å². The van der Waals surface area contributed by atoms with E-state index in [-0.39, 0.29) is 23.5 Å². The maximum Gasteiger partial charge on any atom is 0.309 e. The van der Waals surface area contributed by atoms with E-state index in [9.17, 15) is 15.2 Å². The number of anilines is 1. The quantitative estimate of drug-likeness (QED) is 0.614. The minimum absolute atomic E-state index is 0.00106. The van der Waals surface area contributed by atoms with Gasteiger partial charge in [-0.15, -0.1) is 0 Å². The largest absolute Gasteiger partial charge is 0.388 e. The lowest BCUT2D eigenvalue weighted by Crippen LogP contribution is -2.32. The molecule has 0 radical (unpaired) electrons. The molecule has 0 spiro atoms. The molecule has 0 bridgehead atoms. The molecule has 18 heavy (non-hydrogen) atoms. The van der Waals surface area contributed by atoms with E-state index < -0.39 is 10.5 Å². The standard InChI is InChI=1S/C12H15N3O3/c1-3-12(2,16)8-14-10-6-4-5-9(7-13)11(10)15(17)18/h4-6,14,16H,3,8H2,1-2H3. The molecule has 1 rings (SSSR count). The van der Waals surface area contributed by atoms with E-state index in [4.69, 9.17) is 5.26 Å². The fourth-order valence-corrected chi connectivity index (χ4v) is 1.38. The van der Waals surface area contributed by atoms with Gasteiger partial charge in [-0.05, 0) is 25.5 Å². The van der Waals surface area contributed by atoms with Crippen LogP contribution >= 0.6 is 0 Å². The Kier molecular flexibility index (Phi) is 4.23. The molecule has 0 amide bonds. The Labute approximate surface area is 105 Å². The topological polar surface area (TPSA) is 99.2 Å². The van der Waals surface area contributed by atoms with Gasteiger partial charge in [0.2, 0.25) is 0 Å². The molecule has 1 unspecified atom stereocenters. The van der Waals surface area contributed by atoms with Crippen LogP contribution in [0, 0.1) is 21.4 Å². The number of nitrogens with zero attached hydrogens (tertiary/aromatic N) is 2. The van der Waals surface area contributed by atoms with E-state index in [1.54, 1.807) is 19.1 Å². The van der Waals surface area contributed by atoms with Gasteiger partial charge in [-0.25, -0.2) is 0 Å². The summed E-state index contributed by atoms with van der Waals surface area (Å²) in [4.78, 5) is 10.4. The number of hydrogen-bond acceptors (Lipinski definition) is 5. The Morgan fingerprint density at radius 2 is 2.28 bits per heavy atom. The van der Waals surface area contributed by atoms with Crippen molar-refractivity contribution in [2.24, 2.45) is 0 Å². The molecule has 0 aromatic heterocycles. The number of nitriles is 1. The molecule has 0 aliphatic rings. The zero-order chi connectivity index (χ0) is 13.8. The lowest BCUT2D eigenvalue weighted by molar-refractivity contribution is -0.384. The van der Waals surface area contributed by atoms with Gasteiger partial charge in [-0.3, -0.25) is 10.1 Å². The Morgan fingerprint density at radius 3 is 2.78 bits per heavy atom. The van der Waals surface area contributed by atoms with Crippen LogP contribution in [0.3, 0.4) is 0 Å². The maximum absolute atomic E-state index is 10.9. The number of nitrogens with one attached hydrogen (secondary N) is 1. The SMILES string of the molecule is CCC(C)(O)CNc1cccc(C#N)c1[N+](=O)[O-]. The third-order valence-electron chi connectivity index (χ3n) is 2.76. The number of nitro groups is 1. The van der Waals surface area contributed by atoms with Crippen molar-refractivity contribution in [3.8, 4) is 6.07 Å². The van der Waals surface area contributed by atoms with Crippen LogP contribution in [0.25, 0.3) is 0 Å². The van der Waals surface area contributed by atoms with Gasteiger partial charge in [0.15, 0.2) is 0 Å². The first-order chi connectivity index (χ1) is 8.41. The minimum atomic E-state index is -0.948. The van der Waals surface area contributed by atoms with E-state index >= 15 is 0 Å². The monoisotopic (exact) mass is 249 g/mol. The fourth-order valence-electron chi connectivity index (χ4n) is 1.38. The molecule has 6 nitrogen and oxygen atoms in total. The highest BCUT2D eigenvalue weighted by atomic mass is 16.6. The predicted molar refractivity (Wildman–Crippen MR) is 67.2 cm³/mol. The van der Waals surface area contributed by atoms with Gasteiger partial charge in [0.25, 0.3) is 0 Å². The molecule has 1 atom stereocenters. The van der Waals surface area contributed by atoms with Crippen LogP contribution in [-0.4, -0.2) is 22.2 Å². The third-order valence-corrected chi connectivity index (χ3v) is 2.76. The second-order valence-electron chi connectivity index (χ2n) is 4.27. The van der Waals surface area contributed by atoms with E-state index in [1.165, 1.54) is 12.1 Å². The van der Waals surface area contributed by atoms with E-state index in [0.717, 1.165) is 0 Å². The van der Waals surface area contributed by atoms with Crippen LogP contribution in [0.15, 0.2) is 18.2 Å². The van der Waals surface area contributed by atoms with Gasteiger partial charge in [0.1, 0.15) is 17.3 Å². The molecule has 0 aliphatic carbocycles. The number of rotatable bonds is 5. The highest BCUT2D eigenvalue weighted by Crippen LogP contribution is 2.28. The average molecular weight is 249 g/mol. The maximum atomic E-state index is 10.9. The number of para-hydroxylation sites is 1. The molecule has 2 N–H and O–H groups in total. The summed E-state index contributed by atoms with van der Waals surface area (Å²) in [6.45, 7) is 3.64. The molecule has 0 saturated carbocycles. The molecule has 1 aromatic rings. The van der Waals surface area contributed by atoms with Crippen molar-refractivity contribution in [3.63, 3.8) is 0 Å². The summed E-state index contributed by atoms with van der Waals surface area (Å²) < 4.78 is 0. The van der Waals surface area contributed by atoms with Gasteiger partial charge in [-0.2, -0.15) is 5.26 Å². The van der Waals surface area contributed by atoms with Gasteiger partial charge in [-0.1, -0.05) is 13.0 Å². The highest BCUT2D eigenvalue weighted by molar-refractivity contribution is 5.68. The fraction of sp³-hybridized carbons (Fsp3) is 0.417. The molecule has 96 valence electrons. The first-order valence-electron chi connectivity index (χ1n) is 5.55. The minimum Gasteiger partial charge on any atom is -0.388 e. The number of aliphatic hydroxyl groups is 1. The summed E-state index contributed by atoms with van der Waals surface area (Å²) in [7, 11) is 0. The Balaban J connectivity index is 3.03. The van der Waals surface area contributed by atoms with Gasteiger partial charge < -0.3 is 10.4 Å². The zero-order valence-electron chi connectivity index (χ0n) is 10.3. The van der Waals surface area contributed by atoms with Crippen molar-refractivity contribution in [3.05, 3.63) is 33.9 Å². The van der Waals surface area contributed by atoms with Crippen molar-refractivity contribution in [2.75, 3.05) is 11.9 Å². The second-order valence-corrected chi connectivity index (χ2v) is 4.27. The molecule has 0 aliphatic heterocycles. The highest BCUT2D eigenvalue weighted by Gasteiger charge is 2.22. The van der Waals surface area contributed by atoms with E-state index in [0.29, 0.717) is 6.42 Å². The molecule has 0 heterocycles. The van der Waals surface area contributed by atoms with Crippen molar-refractivity contribution in [2.45, 2.75) is 25.9 Å². The molecule has 0 saturated heterocycles. The lowest BCUT2D eigenvalue weighted by Gasteiger charge is -2.22. The third kappa shape index (κ3) is 3.18. The lowest BCUT2D eigenvalue weighted by atomic mass is 10.0. The summed E-state index contributed by atoms with van der Waals surface area (Å²) in [6.07, 6.45) is 0.520. The summed E-state index contributed by atoms with van der Waals surface area (Å²) in [6, 6.07) is 6.26. The number of benzene rings is 1. The first-order valence-corrected chi connectivity index (χ1v) is 5.55. The predicted octanol–water partition coefficient (Wildman–Crippen LogP) is 2.04. The summed E-state index contributed by atoms with van der Waals surface area (Å²) >= 11 is 0.